The zero-order valence-electron chi connectivity index (χ0n) is 16.9. The summed E-state index contributed by atoms with van der Waals surface area (Å²) < 4.78 is 5.63. The number of hydrogen-bond donors (Lipinski definition) is 0. The van der Waals surface area contributed by atoms with Gasteiger partial charge in [-0.05, 0) is 55.2 Å². The maximum atomic E-state index is 13.4. The first-order valence-corrected chi connectivity index (χ1v) is 10.4. The topological polar surface area (TPSA) is 59.2 Å². The highest BCUT2D eigenvalue weighted by atomic mass is 16.5. The van der Waals surface area contributed by atoms with E-state index in [1.54, 1.807) is 0 Å². The van der Waals surface area contributed by atoms with Gasteiger partial charge in [0.05, 0.1) is 0 Å². The second kappa shape index (κ2) is 7.75. The molecule has 0 aliphatic carbocycles. The lowest BCUT2D eigenvalue weighted by atomic mass is 9.99. The number of benzene rings is 3. The summed E-state index contributed by atoms with van der Waals surface area (Å²) in [5.74, 6) is 1.10. The second-order valence-electron chi connectivity index (χ2n) is 7.90. The van der Waals surface area contributed by atoms with E-state index in [4.69, 9.17) is 4.52 Å². The second-order valence-corrected chi connectivity index (χ2v) is 7.90. The maximum absolute atomic E-state index is 13.4. The van der Waals surface area contributed by atoms with E-state index in [-0.39, 0.29) is 11.9 Å². The molecule has 0 saturated carbocycles. The van der Waals surface area contributed by atoms with Gasteiger partial charge in [-0.3, -0.25) is 4.79 Å². The third-order valence-electron chi connectivity index (χ3n) is 5.76. The molecule has 0 radical (unpaired) electrons. The Bertz CT molecular complexity index is 1210. The SMILES string of the molecule is Cc1cccc(-c2noc([C@H]3CCCCN3C(=O)c3ccc4ccccc4c3)n2)c1. The number of aromatic nitrogens is 2. The van der Waals surface area contributed by atoms with Crippen molar-refractivity contribution in [2.45, 2.75) is 32.2 Å². The molecule has 5 heteroatoms. The summed E-state index contributed by atoms with van der Waals surface area (Å²) in [5, 5.41) is 6.38. The minimum absolute atomic E-state index is 0.0146. The summed E-state index contributed by atoms with van der Waals surface area (Å²) >= 11 is 0. The Labute approximate surface area is 175 Å². The van der Waals surface area contributed by atoms with Gasteiger partial charge in [0.25, 0.3) is 5.91 Å². The number of likely N-dealkylation sites (tertiary alicyclic amines) is 1. The molecule has 0 spiro atoms. The van der Waals surface area contributed by atoms with E-state index in [0.717, 1.165) is 41.2 Å². The molecule has 1 aromatic heterocycles. The number of hydrogen-bond acceptors (Lipinski definition) is 4. The molecule has 1 aliphatic rings. The van der Waals surface area contributed by atoms with Crippen molar-refractivity contribution in [3.63, 3.8) is 0 Å². The average Bonchev–Trinajstić information content (AvgIpc) is 3.28. The minimum Gasteiger partial charge on any atom is -0.337 e. The summed E-state index contributed by atoms with van der Waals surface area (Å²) in [7, 11) is 0. The van der Waals surface area contributed by atoms with Crippen LogP contribution in [0.15, 0.2) is 71.3 Å². The lowest BCUT2D eigenvalue weighted by Crippen LogP contribution is -2.38. The van der Waals surface area contributed by atoms with Gasteiger partial charge in [-0.25, -0.2) is 0 Å². The third-order valence-corrected chi connectivity index (χ3v) is 5.76. The Hall–Kier alpha value is -3.47. The van der Waals surface area contributed by atoms with E-state index in [0.29, 0.717) is 23.8 Å². The predicted octanol–water partition coefficient (Wildman–Crippen LogP) is 5.57. The van der Waals surface area contributed by atoms with Crippen LogP contribution in [0.5, 0.6) is 0 Å². The molecule has 1 aliphatic heterocycles. The third kappa shape index (κ3) is 3.47. The van der Waals surface area contributed by atoms with E-state index in [1.807, 2.05) is 72.5 Å². The van der Waals surface area contributed by atoms with Crippen LogP contribution < -0.4 is 0 Å². The van der Waals surface area contributed by atoms with Crippen molar-refractivity contribution in [2.24, 2.45) is 0 Å². The van der Waals surface area contributed by atoms with Gasteiger partial charge in [-0.2, -0.15) is 4.98 Å². The van der Waals surface area contributed by atoms with Crippen LogP contribution in [-0.2, 0) is 0 Å². The Morgan fingerprint density at radius 1 is 1.00 bits per heavy atom. The molecular weight excluding hydrogens is 374 g/mol. The molecule has 0 N–H and O–H groups in total. The molecular formula is C25H23N3O2. The summed E-state index contributed by atoms with van der Waals surface area (Å²) in [6.45, 7) is 2.73. The normalized spacial score (nSPS) is 16.7. The Morgan fingerprint density at radius 2 is 1.87 bits per heavy atom. The zero-order chi connectivity index (χ0) is 20.5. The number of carbonyl (C=O) groups is 1. The van der Waals surface area contributed by atoms with Gasteiger partial charge in [0, 0.05) is 17.7 Å². The van der Waals surface area contributed by atoms with E-state index in [9.17, 15) is 4.79 Å². The van der Waals surface area contributed by atoms with Crippen molar-refractivity contribution < 1.29 is 9.32 Å². The molecule has 5 rings (SSSR count). The van der Waals surface area contributed by atoms with Gasteiger partial charge in [0.1, 0.15) is 6.04 Å². The first-order valence-electron chi connectivity index (χ1n) is 10.4. The highest BCUT2D eigenvalue weighted by Gasteiger charge is 2.32. The van der Waals surface area contributed by atoms with E-state index >= 15 is 0 Å². The van der Waals surface area contributed by atoms with Crippen LogP contribution >= 0.6 is 0 Å². The van der Waals surface area contributed by atoms with Crippen LogP contribution in [0.3, 0.4) is 0 Å². The largest absolute Gasteiger partial charge is 0.337 e. The number of carbonyl (C=O) groups excluding carboxylic acids is 1. The van der Waals surface area contributed by atoms with Crippen molar-refractivity contribution in [3.05, 3.63) is 83.7 Å². The van der Waals surface area contributed by atoms with E-state index < -0.39 is 0 Å². The summed E-state index contributed by atoms with van der Waals surface area (Å²) in [4.78, 5) is 19.9. The lowest BCUT2D eigenvalue weighted by Gasteiger charge is -2.33. The van der Waals surface area contributed by atoms with Crippen molar-refractivity contribution in [1.29, 1.82) is 0 Å². The monoisotopic (exact) mass is 397 g/mol. The first kappa shape index (κ1) is 18.6. The molecule has 2 heterocycles. The molecule has 1 fully saturated rings. The van der Waals surface area contributed by atoms with Gasteiger partial charge in [-0.1, -0.05) is 59.3 Å². The van der Waals surface area contributed by atoms with Gasteiger partial charge in [0.2, 0.25) is 11.7 Å². The van der Waals surface area contributed by atoms with Gasteiger partial charge in [0.15, 0.2) is 0 Å². The Kier molecular flexibility index (Phi) is 4.79. The summed E-state index contributed by atoms with van der Waals surface area (Å²) in [5.41, 5.74) is 2.76. The molecule has 4 aromatic rings. The smallest absolute Gasteiger partial charge is 0.254 e. The van der Waals surface area contributed by atoms with Gasteiger partial charge >= 0.3 is 0 Å². The predicted molar refractivity (Wildman–Crippen MR) is 116 cm³/mol. The maximum Gasteiger partial charge on any atom is 0.254 e. The Balaban J connectivity index is 1.45. The Morgan fingerprint density at radius 3 is 2.73 bits per heavy atom. The van der Waals surface area contributed by atoms with Crippen molar-refractivity contribution in [3.8, 4) is 11.4 Å². The first-order chi connectivity index (χ1) is 14.7. The molecule has 1 saturated heterocycles. The lowest BCUT2D eigenvalue weighted by molar-refractivity contribution is 0.0561. The summed E-state index contributed by atoms with van der Waals surface area (Å²) in [6.07, 6.45) is 2.85. The molecule has 1 amide bonds. The van der Waals surface area contributed by atoms with Gasteiger partial charge in [-0.15, -0.1) is 0 Å². The van der Waals surface area contributed by atoms with Crippen molar-refractivity contribution >= 4 is 16.7 Å². The number of aryl methyl sites for hydroxylation is 1. The number of nitrogens with zero attached hydrogens (tertiary/aromatic N) is 3. The fourth-order valence-corrected chi connectivity index (χ4v) is 4.19. The molecule has 150 valence electrons. The van der Waals surface area contributed by atoms with Crippen LogP contribution in [0.1, 0.15) is 47.1 Å². The number of rotatable bonds is 3. The molecule has 3 aromatic carbocycles. The summed E-state index contributed by atoms with van der Waals surface area (Å²) in [6, 6.07) is 21.8. The fraction of sp³-hybridized carbons (Fsp3) is 0.240. The van der Waals surface area contributed by atoms with Crippen molar-refractivity contribution in [1.82, 2.24) is 15.0 Å². The fourth-order valence-electron chi connectivity index (χ4n) is 4.19. The molecule has 5 nitrogen and oxygen atoms in total. The molecule has 0 unspecified atom stereocenters. The molecule has 1 atom stereocenters. The number of fused-ring (bicyclic) bond motifs is 1. The van der Waals surface area contributed by atoms with Crippen LogP contribution in [0.4, 0.5) is 0 Å². The standard InChI is InChI=1S/C25H23N3O2/c1-17-7-6-10-20(15-17)23-26-24(30-27-23)22-11-4-5-14-28(22)25(29)21-13-12-18-8-2-3-9-19(18)16-21/h2-3,6-10,12-13,15-16,22H,4-5,11,14H2,1H3/t22-/m1/s1. The average molecular weight is 397 g/mol. The van der Waals surface area contributed by atoms with E-state index in [2.05, 4.69) is 16.2 Å². The highest BCUT2D eigenvalue weighted by molar-refractivity contribution is 5.98. The minimum atomic E-state index is -0.191. The highest BCUT2D eigenvalue weighted by Crippen LogP contribution is 2.33. The quantitative estimate of drug-likeness (QED) is 0.454. The number of piperidine rings is 1. The zero-order valence-corrected chi connectivity index (χ0v) is 16.9. The molecule has 30 heavy (non-hydrogen) atoms. The van der Waals surface area contributed by atoms with Crippen LogP contribution in [0.25, 0.3) is 22.2 Å². The van der Waals surface area contributed by atoms with Gasteiger partial charge < -0.3 is 9.42 Å². The van der Waals surface area contributed by atoms with Crippen LogP contribution in [0, 0.1) is 6.92 Å². The van der Waals surface area contributed by atoms with E-state index in [1.165, 1.54) is 0 Å². The van der Waals surface area contributed by atoms with Crippen LogP contribution in [0.2, 0.25) is 0 Å². The molecule has 0 bridgehead atoms. The van der Waals surface area contributed by atoms with Crippen LogP contribution in [-0.4, -0.2) is 27.5 Å². The number of amides is 1. The van der Waals surface area contributed by atoms with Crippen molar-refractivity contribution in [2.75, 3.05) is 6.54 Å².